The van der Waals surface area contributed by atoms with Crippen LogP contribution >= 0.6 is 0 Å². The van der Waals surface area contributed by atoms with Crippen molar-refractivity contribution in [2.45, 2.75) is 18.8 Å². The Labute approximate surface area is 150 Å². The molecule has 2 N–H and O–H groups in total. The minimum Gasteiger partial charge on any atom is -0.496 e. The average molecular weight is 351 g/mol. The molecule has 0 saturated heterocycles. The number of para-hydroxylation sites is 1. The molecule has 0 spiro atoms. The Morgan fingerprint density at radius 1 is 1.23 bits per heavy atom. The molecular weight excluding hydrogens is 333 g/mol. The number of ether oxygens (including phenoxy) is 1. The van der Waals surface area contributed by atoms with Gasteiger partial charge in [-0.1, -0.05) is 24.3 Å². The number of amides is 1. The molecule has 132 valence electrons. The largest absolute Gasteiger partial charge is 0.496 e. The van der Waals surface area contributed by atoms with E-state index in [1.54, 1.807) is 36.4 Å². The van der Waals surface area contributed by atoms with Gasteiger partial charge in [-0.25, -0.2) is 4.39 Å². The van der Waals surface area contributed by atoms with Crippen molar-refractivity contribution < 1.29 is 13.9 Å². The maximum atomic E-state index is 13.6. The molecule has 1 aliphatic rings. The normalized spacial score (nSPS) is 13.5. The molecule has 0 atom stereocenters. The van der Waals surface area contributed by atoms with Gasteiger partial charge < -0.3 is 10.1 Å². The summed E-state index contributed by atoms with van der Waals surface area (Å²) in [5.41, 5.74) is 3.07. The lowest BCUT2D eigenvalue weighted by molar-refractivity contribution is 0.102. The highest BCUT2D eigenvalue weighted by atomic mass is 19.1. The van der Waals surface area contributed by atoms with Crippen LogP contribution in [-0.4, -0.2) is 23.2 Å². The standard InChI is InChI=1S/C20H18FN3O2/c1-26-16-8-3-2-7-15(16)20(25)22-19-17(12-9-10-12)23-24-18(19)13-5-4-6-14(21)11-13/h2-8,11-12H,9-10H2,1H3,(H,22,25)(H,23,24). The minimum absolute atomic E-state index is 0.289. The summed E-state index contributed by atoms with van der Waals surface area (Å²) < 4.78 is 18.9. The highest BCUT2D eigenvalue weighted by Gasteiger charge is 2.31. The molecule has 0 radical (unpaired) electrons. The summed E-state index contributed by atoms with van der Waals surface area (Å²) in [5.74, 6) is 0.204. The lowest BCUT2D eigenvalue weighted by Gasteiger charge is -2.11. The van der Waals surface area contributed by atoms with Crippen LogP contribution in [0.15, 0.2) is 48.5 Å². The van der Waals surface area contributed by atoms with Crippen molar-refractivity contribution in [3.8, 4) is 17.0 Å². The first-order valence-electron chi connectivity index (χ1n) is 8.46. The van der Waals surface area contributed by atoms with Gasteiger partial charge in [0.15, 0.2) is 0 Å². The molecule has 1 heterocycles. The van der Waals surface area contributed by atoms with Crippen molar-refractivity contribution in [2.75, 3.05) is 12.4 Å². The number of nitrogens with zero attached hydrogens (tertiary/aromatic N) is 1. The molecule has 1 amide bonds. The molecule has 0 unspecified atom stereocenters. The third-order valence-electron chi connectivity index (χ3n) is 4.47. The van der Waals surface area contributed by atoms with E-state index in [9.17, 15) is 9.18 Å². The maximum Gasteiger partial charge on any atom is 0.259 e. The summed E-state index contributed by atoms with van der Waals surface area (Å²) in [6, 6.07) is 13.2. The fourth-order valence-electron chi connectivity index (χ4n) is 3.01. The summed E-state index contributed by atoms with van der Waals surface area (Å²) in [6.45, 7) is 0. The zero-order valence-corrected chi connectivity index (χ0v) is 14.3. The molecule has 0 aliphatic heterocycles. The van der Waals surface area contributed by atoms with Crippen LogP contribution in [0.3, 0.4) is 0 Å². The average Bonchev–Trinajstić information content (AvgIpc) is 3.42. The monoisotopic (exact) mass is 351 g/mol. The van der Waals surface area contributed by atoms with E-state index in [4.69, 9.17) is 4.74 Å². The second-order valence-electron chi connectivity index (χ2n) is 6.30. The van der Waals surface area contributed by atoms with Crippen LogP contribution in [0.25, 0.3) is 11.3 Å². The molecule has 1 aromatic heterocycles. The second-order valence-corrected chi connectivity index (χ2v) is 6.30. The van der Waals surface area contributed by atoms with E-state index in [1.165, 1.54) is 19.2 Å². The number of hydrogen-bond acceptors (Lipinski definition) is 3. The van der Waals surface area contributed by atoms with Crippen LogP contribution in [0.2, 0.25) is 0 Å². The lowest BCUT2D eigenvalue weighted by Crippen LogP contribution is -2.14. The van der Waals surface area contributed by atoms with Crippen molar-refractivity contribution in [2.24, 2.45) is 0 Å². The Kier molecular flexibility index (Phi) is 4.16. The molecular formula is C20H18FN3O2. The van der Waals surface area contributed by atoms with Crippen molar-refractivity contribution in [3.05, 3.63) is 65.6 Å². The summed E-state index contributed by atoms with van der Waals surface area (Å²) in [5, 5.41) is 10.3. The SMILES string of the molecule is COc1ccccc1C(=O)Nc1c(-c2cccc(F)c2)n[nH]c1C1CC1. The van der Waals surface area contributed by atoms with E-state index in [0.29, 0.717) is 34.2 Å². The fraction of sp³-hybridized carbons (Fsp3) is 0.200. The summed E-state index contributed by atoms with van der Waals surface area (Å²) >= 11 is 0. The number of hydrogen-bond donors (Lipinski definition) is 2. The van der Waals surface area contributed by atoms with Crippen LogP contribution in [0.5, 0.6) is 5.75 Å². The third kappa shape index (κ3) is 3.06. The first-order valence-corrected chi connectivity index (χ1v) is 8.46. The lowest BCUT2D eigenvalue weighted by atomic mass is 10.1. The number of rotatable bonds is 5. The number of carbonyl (C=O) groups is 1. The number of aromatic nitrogens is 2. The quantitative estimate of drug-likeness (QED) is 0.718. The first-order chi connectivity index (χ1) is 12.7. The number of carbonyl (C=O) groups excluding carboxylic acids is 1. The summed E-state index contributed by atoms with van der Waals surface area (Å²) in [7, 11) is 1.53. The van der Waals surface area contributed by atoms with E-state index < -0.39 is 0 Å². The van der Waals surface area contributed by atoms with Crippen LogP contribution in [0.1, 0.15) is 34.8 Å². The van der Waals surface area contributed by atoms with Crippen molar-refractivity contribution in [1.82, 2.24) is 10.2 Å². The maximum absolute atomic E-state index is 13.6. The Hall–Kier alpha value is -3.15. The van der Waals surface area contributed by atoms with Crippen LogP contribution in [-0.2, 0) is 0 Å². The molecule has 1 fully saturated rings. The van der Waals surface area contributed by atoms with Gasteiger partial charge in [-0.15, -0.1) is 0 Å². The smallest absolute Gasteiger partial charge is 0.259 e. The van der Waals surface area contributed by atoms with Crippen LogP contribution in [0.4, 0.5) is 10.1 Å². The summed E-state index contributed by atoms with van der Waals surface area (Å²) in [4.78, 5) is 12.8. The Balaban J connectivity index is 1.73. The van der Waals surface area contributed by atoms with E-state index in [1.807, 2.05) is 0 Å². The van der Waals surface area contributed by atoms with E-state index in [2.05, 4.69) is 15.5 Å². The van der Waals surface area contributed by atoms with E-state index >= 15 is 0 Å². The Bertz CT molecular complexity index is 963. The molecule has 26 heavy (non-hydrogen) atoms. The molecule has 3 aromatic rings. The van der Waals surface area contributed by atoms with Gasteiger partial charge in [0.25, 0.3) is 5.91 Å². The highest BCUT2D eigenvalue weighted by Crippen LogP contribution is 2.45. The molecule has 5 nitrogen and oxygen atoms in total. The zero-order valence-electron chi connectivity index (χ0n) is 14.3. The number of H-pyrrole nitrogens is 1. The Morgan fingerprint density at radius 3 is 2.77 bits per heavy atom. The van der Waals surface area contributed by atoms with Crippen LogP contribution in [0, 0.1) is 5.82 Å². The van der Waals surface area contributed by atoms with Gasteiger partial charge in [-0.05, 0) is 37.1 Å². The third-order valence-corrected chi connectivity index (χ3v) is 4.47. The number of benzene rings is 2. The summed E-state index contributed by atoms with van der Waals surface area (Å²) in [6.07, 6.45) is 2.09. The molecule has 2 aromatic carbocycles. The van der Waals surface area contributed by atoms with E-state index in [-0.39, 0.29) is 11.7 Å². The van der Waals surface area contributed by atoms with E-state index in [0.717, 1.165) is 18.5 Å². The van der Waals surface area contributed by atoms with Gasteiger partial charge in [-0.3, -0.25) is 9.89 Å². The zero-order chi connectivity index (χ0) is 18.1. The van der Waals surface area contributed by atoms with Gasteiger partial charge >= 0.3 is 0 Å². The molecule has 6 heteroatoms. The molecule has 1 saturated carbocycles. The number of aromatic amines is 1. The molecule has 0 bridgehead atoms. The predicted octanol–water partition coefficient (Wildman–Crippen LogP) is 4.35. The van der Waals surface area contributed by atoms with Crippen LogP contribution < -0.4 is 10.1 Å². The van der Waals surface area contributed by atoms with Gasteiger partial charge in [0.1, 0.15) is 17.3 Å². The number of anilines is 1. The minimum atomic E-state index is -0.347. The fourth-order valence-corrected chi connectivity index (χ4v) is 3.01. The number of halogens is 1. The van der Waals surface area contributed by atoms with Gasteiger partial charge in [-0.2, -0.15) is 5.10 Å². The number of nitrogens with one attached hydrogen (secondary N) is 2. The number of methoxy groups -OCH3 is 1. The Morgan fingerprint density at radius 2 is 2.04 bits per heavy atom. The van der Waals surface area contributed by atoms with Gasteiger partial charge in [0.2, 0.25) is 0 Å². The van der Waals surface area contributed by atoms with Crippen molar-refractivity contribution in [3.63, 3.8) is 0 Å². The van der Waals surface area contributed by atoms with Gasteiger partial charge in [0.05, 0.1) is 24.1 Å². The topological polar surface area (TPSA) is 67.0 Å². The molecule has 4 rings (SSSR count). The second kappa shape index (κ2) is 6.63. The van der Waals surface area contributed by atoms with Crippen molar-refractivity contribution >= 4 is 11.6 Å². The van der Waals surface area contributed by atoms with Crippen molar-refractivity contribution in [1.29, 1.82) is 0 Å². The molecule has 1 aliphatic carbocycles. The highest BCUT2D eigenvalue weighted by molar-refractivity contribution is 6.08. The van der Waals surface area contributed by atoms with Gasteiger partial charge in [0, 0.05) is 11.5 Å². The first kappa shape index (κ1) is 16.3. The predicted molar refractivity (Wildman–Crippen MR) is 96.9 cm³/mol.